The van der Waals surface area contributed by atoms with Gasteiger partial charge in [0, 0.05) is 30.4 Å². The van der Waals surface area contributed by atoms with Crippen molar-refractivity contribution in [3.8, 4) is 18.2 Å². The summed E-state index contributed by atoms with van der Waals surface area (Å²) in [6, 6.07) is 20.2. The van der Waals surface area contributed by atoms with Crippen molar-refractivity contribution in [2.24, 2.45) is 16.7 Å². The molecule has 2 bridgehead atoms. The molecule has 8 heteroatoms. The molecular weight excluding hydrogens is 426 g/mol. The van der Waals surface area contributed by atoms with Gasteiger partial charge >= 0.3 is 0 Å². The molecule has 0 aliphatic carbocycles. The molecule has 0 aromatic heterocycles. The molecule has 4 atom stereocenters. The van der Waals surface area contributed by atoms with Crippen molar-refractivity contribution >= 4 is 23.2 Å². The fourth-order valence-corrected chi connectivity index (χ4v) is 5.01. The molecule has 0 spiro atoms. The number of fused-ring (bicyclic) bond motifs is 2. The lowest BCUT2D eigenvalue weighted by Crippen LogP contribution is -2.57. The first-order valence-electron chi connectivity index (χ1n) is 9.95. The fraction of sp³-hybridized carbons (Fsp3) is 0.333. The van der Waals surface area contributed by atoms with Crippen LogP contribution in [0.15, 0.2) is 48.5 Å². The van der Waals surface area contributed by atoms with Gasteiger partial charge in [0.05, 0.1) is 24.1 Å². The van der Waals surface area contributed by atoms with E-state index >= 15 is 0 Å². The normalized spacial score (nSPS) is 29.8. The van der Waals surface area contributed by atoms with Crippen molar-refractivity contribution in [1.29, 1.82) is 21.2 Å². The number of halogens is 1. The average molecular weight is 446 g/mol. The number of benzene rings is 2. The van der Waals surface area contributed by atoms with E-state index < -0.39 is 34.5 Å². The van der Waals surface area contributed by atoms with Gasteiger partial charge in [0.25, 0.3) is 0 Å². The predicted molar refractivity (Wildman–Crippen MR) is 117 cm³/mol. The standard InChI is InChI=1S/C24H20ClN5O2/c1-15-23(14-28)21(29)32-24(15,17-5-4-6-18(25)11-17)31-20(22(23,12-26)13-27)16-7-9-19(10-8-16)30(2)3/h4-11,15,20,29H,1-3H3. The van der Waals surface area contributed by atoms with Gasteiger partial charge < -0.3 is 14.4 Å². The summed E-state index contributed by atoms with van der Waals surface area (Å²) in [7, 11) is 3.80. The number of anilines is 1. The highest BCUT2D eigenvalue weighted by Gasteiger charge is 2.79. The van der Waals surface area contributed by atoms with E-state index in [-0.39, 0.29) is 0 Å². The van der Waals surface area contributed by atoms with Gasteiger partial charge in [0.2, 0.25) is 17.1 Å². The molecule has 2 aliphatic rings. The second-order valence-electron chi connectivity index (χ2n) is 8.27. The first kappa shape index (κ1) is 21.7. The molecule has 0 radical (unpaired) electrons. The zero-order valence-electron chi connectivity index (χ0n) is 17.8. The van der Waals surface area contributed by atoms with Crippen LogP contribution in [0.4, 0.5) is 5.69 Å². The van der Waals surface area contributed by atoms with Crippen LogP contribution in [-0.4, -0.2) is 20.0 Å². The Morgan fingerprint density at radius 2 is 1.69 bits per heavy atom. The smallest absolute Gasteiger partial charge is 0.244 e. The molecule has 160 valence electrons. The van der Waals surface area contributed by atoms with E-state index in [0.29, 0.717) is 16.1 Å². The number of nitriles is 3. The molecule has 4 unspecified atom stereocenters. The van der Waals surface area contributed by atoms with Gasteiger partial charge in [-0.05, 0) is 29.8 Å². The Morgan fingerprint density at radius 1 is 1.03 bits per heavy atom. The Balaban J connectivity index is 2.00. The summed E-state index contributed by atoms with van der Waals surface area (Å²) in [5.74, 6) is -2.84. The molecule has 0 saturated carbocycles. The molecule has 2 fully saturated rings. The van der Waals surface area contributed by atoms with Crippen LogP contribution < -0.4 is 4.90 Å². The van der Waals surface area contributed by atoms with Gasteiger partial charge in [-0.15, -0.1) is 0 Å². The molecule has 2 heterocycles. The topological polar surface area (TPSA) is 117 Å². The molecule has 4 rings (SSSR count). The Morgan fingerprint density at radius 3 is 2.22 bits per heavy atom. The van der Waals surface area contributed by atoms with Crippen LogP contribution >= 0.6 is 11.6 Å². The lowest BCUT2D eigenvalue weighted by atomic mass is 9.53. The van der Waals surface area contributed by atoms with Crippen molar-refractivity contribution in [1.82, 2.24) is 0 Å². The maximum Gasteiger partial charge on any atom is 0.244 e. The number of hydrogen-bond donors (Lipinski definition) is 1. The average Bonchev–Trinajstić information content (AvgIpc) is 2.95. The molecule has 32 heavy (non-hydrogen) atoms. The summed E-state index contributed by atoms with van der Waals surface area (Å²) in [6.07, 6.45) is -1.15. The van der Waals surface area contributed by atoms with E-state index in [2.05, 4.69) is 6.07 Å². The lowest BCUT2D eigenvalue weighted by molar-refractivity contribution is -0.288. The Labute approximate surface area is 191 Å². The number of ether oxygens (including phenoxy) is 2. The van der Waals surface area contributed by atoms with Gasteiger partial charge in [-0.25, -0.2) is 0 Å². The zero-order valence-corrected chi connectivity index (χ0v) is 18.5. The highest BCUT2D eigenvalue weighted by molar-refractivity contribution is 6.30. The minimum atomic E-state index is -2.00. The first-order valence-corrected chi connectivity index (χ1v) is 10.3. The molecule has 2 aromatic carbocycles. The summed E-state index contributed by atoms with van der Waals surface area (Å²) in [6.45, 7) is 1.67. The van der Waals surface area contributed by atoms with Crippen molar-refractivity contribution in [2.75, 3.05) is 19.0 Å². The molecular formula is C24H20ClN5O2. The van der Waals surface area contributed by atoms with Crippen LogP contribution in [0.3, 0.4) is 0 Å². The third kappa shape index (κ3) is 2.52. The highest BCUT2D eigenvalue weighted by Crippen LogP contribution is 2.69. The van der Waals surface area contributed by atoms with Gasteiger partial charge in [-0.1, -0.05) is 42.8 Å². The number of rotatable bonds is 3. The van der Waals surface area contributed by atoms with Crippen LogP contribution in [0.5, 0.6) is 0 Å². The third-order valence-electron chi connectivity index (χ3n) is 6.61. The molecule has 7 nitrogen and oxygen atoms in total. The van der Waals surface area contributed by atoms with E-state index in [1.54, 1.807) is 43.3 Å². The number of nitrogens with one attached hydrogen (secondary N) is 1. The van der Waals surface area contributed by atoms with Crippen molar-refractivity contribution in [3.63, 3.8) is 0 Å². The molecule has 2 saturated heterocycles. The van der Waals surface area contributed by atoms with E-state index in [4.69, 9.17) is 26.5 Å². The van der Waals surface area contributed by atoms with Crippen LogP contribution in [0.1, 0.15) is 24.2 Å². The van der Waals surface area contributed by atoms with Gasteiger partial charge in [0.1, 0.15) is 6.10 Å². The third-order valence-corrected chi connectivity index (χ3v) is 6.84. The van der Waals surface area contributed by atoms with Crippen molar-refractivity contribution < 1.29 is 9.47 Å². The highest BCUT2D eigenvalue weighted by atomic mass is 35.5. The van der Waals surface area contributed by atoms with Gasteiger partial charge in [0.15, 0.2) is 5.41 Å². The van der Waals surface area contributed by atoms with Crippen LogP contribution in [-0.2, 0) is 15.3 Å². The molecule has 1 N–H and O–H groups in total. The van der Waals surface area contributed by atoms with Crippen LogP contribution in [0.25, 0.3) is 0 Å². The Hall–Kier alpha value is -3.57. The number of nitrogens with zero attached hydrogens (tertiary/aromatic N) is 4. The largest absolute Gasteiger partial charge is 0.443 e. The van der Waals surface area contributed by atoms with E-state index in [1.165, 1.54) is 0 Å². The Bertz CT molecular complexity index is 1210. The Kier molecular flexibility index (Phi) is 4.90. The lowest BCUT2D eigenvalue weighted by Gasteiger charge is -2.48. The van der Waals surface area contributed by atoms with Crippen LogP contribution in [0.2, 0.25) is 5.02 Å². The second kappa shape index (κ2) is 7.24. The fourth-order valence-electron chi connectivity index (χ4n) is 4.82. The summed E-state index contributed by atoms with van der Waals surface area (Å²) in [4.78, 5) is 1.92. The predicted octanol–water partition coefficient (Wildman–Crippen LogP) is 4.52. The zero-order chi connectivity index (χ0) is 23.3. The van der Waals surface area contributed by atoms with E-state index in [1.807, 2.05) is 43.3 Å². The second-order valence-corrected chi connectivity index (χ2v) is 8.70. The monoisotopic (exact) mass is 445 g/mol. The summed E-state index contributed by atoms with van der Waals surface area (Å²) in [5, 5.41) is 40.0. The minimum Gasteiger partial charge on any atom is -0.443 e. The van der Waals surface area contributed by atoms with Gasteiger partial charge in [-0.2, -0.15) is 15.8 Å². The summed E-state index contributed by atoms with van der Waals surface area (Å²) < 4.78 is 12.4. The summed E-state index contributed by atoms with van der Waals surface area (Å²) >= 11 is 6.22. The molecule has 0 amide bonds. The van der Waals surface area contributed by atoms with E-state index in [0.717, 1.165) is 5.69 Å². The van der Waals surface area contributed by atoms with Crippen molar-refractivity contribution in [2.45, 2.75) is 18.8 Å². The maximum absolute atomic E-state index is 10.3. The van der Waals surface area contributed by atoms with Gasteiger partial charge in [-0.3, -0.25) is 5.41 Å². The van der Waals surface area contributed by atoms with Crippen molar-refractivity contribution in [3.05, 3.63) is 64.7 Å². The minimum absolute atomic E-state index is 0.432. The molecule has 2 aliphatic heterocycles. The van der Waals surface area contributed by atoms with E-state index in [9.17, 15) is 15.8 Å². The maximum atomic E-state index is 10.3. The van der Waals surface area contributed by atoms with Crippen LogP contribution in [0, 0.1) is 56.2 Å². The summed E-state index contributed by atoms with van der Waals surface area (Å²) in [5.41, 5.74) is -1.88. The first-order chi connectivity index (χ1) is 15.2. The quantitative estimate of drug-likeness (QED) is 0.742. The molecule has 2 aromatic rings. The number of hydrogen-bond acceptors (Lipinski definition) is 7. The SMILES string of the molecule is CC1C2(c3cccc(Cl)c3)OC(=N)C1(C#N)C(C#N)(C#N)C(c1ccc(N(C)C)cc1)O2.